The van der Waals surface area contributed by atoms with Crippen molar-refractivity contribution in [2.75, 3.05) is 26.5 Å². The zero-order valence-electron chi connectivity index (χ0n) is 22.7. The minimum atomic E-state index is -0.293. The highest BCUT2D eigenvalue weighted by molar-refractivity contribution is 6.31. The third-order valence-electron chi connectivity index (χ3n) is 7.04. The van der Waals surface area contributed by atoms with E-state index in [0.29, 0.717) is 52.6 Å². The zero-order chi connectivity index (χ0) is 28.2. The number of carbonyl (C=O) groups is 2. The molecule has 10 heteroatoms. The lowest BCUT2D eigenvalue weighted by atomic mass is 10.1. The Morgan fingerprint density at radius 1 is 1.02 bits per heavy atom. The van der Waals surface area contributed by atoms with Crippen LogP contribution in [0.3, 0.4) is 0 Å². The van der Waals surface area contributed by atoms with Crippen LogP contribution in [0.4, 0.5) is 0 Å². The first-order valence-electron chi connectivity index (χ1n) is 13.5. The molecule has 2 aliphatic rings. The number of hydrogen-bond donors (Lipinski definition) is 0. The largest absolute Gasteiger partial charge is 0.464 e. The molecule has 0 spiro atoms. The van der Waals surface area contributed by atoms with E-state index < -0.39 is 0 Å². The van der Waals surface area contributed by atoms with E-state index in [4.69, 9.17) is 30.2 Å². The topological polar surface area (TPSA) is 98.5 Å². The molecule has 40 heavy (non-hydrogen) atoms. The quantitative estimate of drug-likeness (QED) is 0.348. The van der Waals surface area contributed by atoms with Gasteiger partial charge >= 0.3 is 0 Å². The lowest BCUT2D eigenvalue weighted by Crippen LogP contribution is -2.45. The molecule has 2 aliphatic heterocycles. The SMILES string of the molecule is CC(C)CC(=O)N(CC(=O)N(Cc1ccc2c(c1)OCO2)Cc1coc2ccc(Cl)cc2c1=O)CC1CCCO1. The van der Waals surface area contributed by atoms with Crippen molar-refractivity contribution >= 4 is 34.4 Å². The van der Waals surface area contributed by atoms with Crippen LogP contribution in [0, 0.1) is 5.92 Å². The maximum Gasteiger partial charge on any atom is 0.242 e. The Balaban J connectivity index is 1.43. The summed E-state index contributed by atoms with van der Waals surface area (Å²) < 4.78 is 22.4. The van der Waals surface area contributed by atoms with Crippen LogP contribution in [0.1, 0.15) is 44.2 Å². The van der Waals surface area contributed by atoms with Gasteiger partial charge in [-0.15, -0.1) is 0 Å². The van der Waals surface area contributed by atoms with E-state index in [0.717, 1.165) is 18.4 Å². The van der Waals surface area contributed by atoms with Crippen molar-refractivity contribution in [2.45, 2.75) is 52.3 Å². The van der Waals surface area contributed by atoms with E-state index in [1.807, 2.05) is 26.0 Å². The van der Waals surface area contributed by atoms with Gasteiger partial charge in [-0.25, -0.2) is 0 Å². The van der Waals surface area contributed by atoms with Gasteiger partial charge in [0, 0.05) is 31.1 Å². The average Bonchev–Trinajstić information content (AvgIpc) is 3.61. The summed E-state index contributed by atoms with van der Waals surface area (Å²) in [5.74, 6) is 0.987. The summed E-state index contributed by atoms with van der Waals surface area (Å²) in [5, 5.41) is 0.756. The van der Waals surface area contributed by atoms with E-state index in [1.54, 1.807) is 34.1 Å². The van der Waals surface area contributed by atoms with E-state index in [-0.39, 0.29) is 55.7 Å². The monoisotopic (exact) mass is 568 g/mol. The summed E-state index contributed by atoms with van der Waals surface area (Å²) >= 11 is 6.13. The smallest absolute Gasteiger partial charge is 0.242 e. The molecular formula is C30H33ClN2O7. The van der Waals surface area contributed by atoms with Crippen LogP contribution in [0.15, 0.2) is 51.9 Å². The first kappa shape index (κ1) is 28.0. The molecule has 1 fully saturated rings. The van der Waals surface area contributed by atoms with Crippen LogP contribution >= 0.6 is 11.6 Å². The number of fused-ring (bicyclic) bond motifs is 2. The number of ether oxygens (including phenoxy) is 3. The minimum absolute atomic E-state index is 0.00972. The third-order valence-corrected chi connectivity index (χ3v) is 7.28. The van der Waals surface area contributed by atoms with Crippen molar-refractivity contribution in [2.24, 2.45) is 5.92 Å². The Labute approximate surface area is 237 Å². The molecule has 2 amide bonds. The molecule has 0 radical (unpaired) electrons. The molecule has 1 saturated heterocycles. The average molecular weight is 569 g/mol. The number of benzene rings is 2. The second-order valence-electron chi connectivity index (χ2n) is 10.7. The summed E-state index contributed by atoms with van der Waals surface area (Å²) in [4.78, 5) is 43.5. The molecule has 212 valence electrons. The first-order chi connectivity index (χ1) is 19.3. The first-order valence-corrected chi connectivity index (χ1v) is 13.9. The number of halogens is 1. The summed E-state index contributed by atoms with van der Waals surface area (Å²) in [6.07, 6.45) is 3.40. The lowest BCUT2D eigenvalue weighted by Gasteiger charge is -2.29. The molecule has 0 aliphatic carbocycles. The van der Waals surface area contributed by atoms with Gasteiger partial charge in [0.15, 0.2) is 16.9 Å². The lowest BCUT2D eigenvalue weighted by molar-refractivity contribution is -0.143. The van der Waals surface area contributed by atoms with E-state index in [1.165, 1.54) is 6.26 Å². The number of amides is 2. The van der Waals surface area contributed by atoms with Crippen molar-refractivity contribution in [1.82, 2.24) is 9.80 Å². The van der Waals surface area contributed by atoms with Crippen LogP contribution in [0.25, 0.3) is 11.0 Å². The van der Waals surface area contributed by atoms with Crippen molar-refractivity contribution in [3.05, 3.63) is 69.0 Å². The molecular weight excluding hydrogens is 536 g/mol. The van der Waals surface area contributed by atoms with Gasteiger partial charge in [-0.1, -0.05) is 31.5 Å². The Bertz CT molecular complexity index is 1450. The normalized spacial score (nSPS) is 16.1. The maximum atomic E-state index is 13.9. The van der Waals surface area contributed by atoms with Crippen LogP contribution in [0.5, 0.6) is 11.5 Å². The predicted molar refractivity (Wildman–Crippen MR) is 149 cm³/mol. The number of carbonyl (C=O) groups excluding carboxylic acids is 2. The maximum absolute atomic E-state index is 13.9. The molecule has 0 saturated carbocycles. The molecule has 3 heterocycles. The van der Waals surface area contributed by atoms with Gasteiger partial charge in [-0.05, 0) is 54.7 Å². The van der Waals surface area contributed by atoms with Gasteiger partial charge in [0.1, 0.15) is 5.58 Å². The van der Waals surface area contributed by atoms with Gasteiger partial charge in [-0.3, -0.25) is 14.4 Å². The van der Waals surface area contributed by atoms with Gasteiger partial charge in [0.2, 0.25) is 18.6 Å². The highest BCUT2D eigenvalue weighted by atomic mass is 35.5. The fraction of sp³-hybridized carbons (Fsp3) is 0.433. The summed E-state index contributed by atoms with van der Waals surface area (Å²) in [5.41, 5.74) is 1.25. The summed E-state index contributed by atoms with van der Waals surface area (Å²) in [6, 6.07) is 10.3. The van der Waals surface area contributed by atoms with Crippen LogP contribution in [-0.2, 0) is 27.4 Å². The number of rotatable bonds is 10. The second kappa shape index (κ2) is 12.3. The predicted octanol–water partition coefficient (Wildman–Crippen LogP) is 4.76. The highest BCUT2D eigenvalue weighted by Gasteiger charge is 2.28. The van der Waals surface area contributed by atoms with Crippen molar-refractivity contribution in [3.8, 4) is 11.5 Å². The zero-order valence-corrected chi connectivity index (χ0v) is 23.4. The standard InChI is InChI=1S/C30H33ClN2O7/c1-19(2)10-28(34)33(15-23-4-3-9-37-23)16-29(35)32(13-20-5-7-26-27(11-20)40-18-39-26)14-21-17-38-25-8-6-22(31)12-24(25)30(21)36/h5-8,11-12,17,19,23H,3-4,9-10,13-16,18H2,1-2H3. The van der Waals surface area contributed by atoms with E-state index in [2.05, 4.69) is 0 Å². The Morgan fingerprint density at radius 3 is 2.62 bits per heavy atom. The van der Waals surface area contributed by atoms with Crippen LogP contribution in [0.2, 0.25) is 5.02 Å². The van der Waals surface area contributed by atoms with E-state index >= 15 is 0 Å². The minimum Gasteiger partial charge on any atom is -0.464 e. The van der Waals surface area contributed by atoms with Gasteiger partial charge in [-0.2, -0.15) is 0 Å². The van der Waals surface area contributed by atoms with Crippen molar-refractivity contribution in [3.63, 3.8) is 0 Å². The van der Waals surface area contributed by atoms with Gasteiger partial charge in [0.25, 0.3) is 0 Å². The van der Waals surface area contributed by atoms with Crippen molar-refractivity contribution < 1.29 is 28.2 Å². The summed E-state index contributed by atoms with van der Waals surface area (Å²) in [6.45, 7) is 5.15. The van der Waals surface area contributed by atoms with Crippen LogP contribution in [-0.4, -0.2) is 54.2 Å². The molecule has 0 bridgehead atoms. The van der Waals surface area contributed by atoms with Gasteiger partial charge in [0.05, 0.1) is 36.4 Å². The molecule has 5 rings (SSSR count). The number of nitrogens with zero attached hydrogens (tertiary/aromatic N) is 2. The molecule has 2 aromatic carbocycles. The Morgan fingerprint density at radius 2 is 1.85 bits per heavy atom. The Kier molecular flexibility index (Phi) is 8.61. The summed E-state index contributed by atoms with van der Waals surface area (Å²) in [7, 11) is 0. The molecule has 1 unspecified atom stereocenters. The Hall–Kier alpha value is -3.56. The van der Waals surface area contributed by atoms with Gasteiger partial charge < -0.3 is 28.4 Å². The molecule has 1 atom stereocenters. The molecule has 0 N–H and O–H groups in total. The fourth-order valence-corrected chi connectivity index (χ4v) is 5.15. The third kappa shape index (κ3) is 6.59. The van der Waals surface area contributed by atoms with E-state index in [9.17, 15) is 14.4 Å². The van der Waals surface area contributed by atoms with Crippen molar-refractivity contribution in [1.29, 1.82) is 0 Å². The van der Waals surface area contributed by atoms with Crippen LogP contribution < -0.4 is 14.9 Å². The molecule has 9 nitrogen and oxygen atoms in total. The highest BCUT2D eigenvalue weighted by Crippen LogP contribution is 2.33. The molecule has 1 aromatic heterocycles. The fourth-order valence-electron chi connectivity index (χ4n) is 4.98. The second-order valence-corrected chi connectivity index (χ2v) is 11.1. The number of hydrogen-bond acceptors (Lipinski definition) is 7. The molecule has 3 aromatic rings.